The predicted molar refractivity (Wildman–Crippen MR) is 68.0 cm³/mol. The number of rotatable bonds is 1. The lowest BCUT2D eigenvalue weighted by Crippen LogP contribution is -2.45. The Kier molecular flexibility index (Phi) is 3.84. The van der Waals surface area contributed by atoms with Gasteiger partial charge in [-0.3, -0.25) is 4.79 Å². The number of hydrogen-bond donors (Lipinski definition) is 1. The standard InChI is InChI=1S/C10H13FIN3O/c1-10(2,3)9(16)15(13)8-4-7(12)6(11)5-14-8/h4-5H,13H2,1-3H3. The number of carbonyl (C=O) groups excluding carboxylic acids is 1. The first-order chi connectivity index (χ1) is 7.23. The second-order valence-corrected chi connectivity index (χ2v) is 5.54. The van der Waals surface area contributed by atoms with Crippen LogP contribution in [0.3, 0.4) is 0 Å². The topological polar surface area (TPSA) is 59.2 Å². The minimum Gasteiger partial charge on any atom is -0.272 e. The lowest BCUT2D eigenvalue weighted by Gasteiger charge is -2.24. The molecular weight excluding hydrogens is 324 g/mol. The summed E-state index contributed by atoms with van der Waals surface area (Å²) >= 11 is 1.82. The maximum Gasteiger partial charge on any atom is 0.247 e. The van der Waals surface area contributed by atoms with E-state index in [1.54, 1.807) is 20.8 Å². The average molecular weight is 337 g/mol. The van der Waals surface area contributed by atoms with Crippen LogP contribution < -0.4 is 10.9 Å². The molecule has 1 heterocycles. The zero-order valence-electron chi connectivity index (χ0n) is 9.29. The molecule has 0 atom stereocenters. The van der Waals surface area contributed by atoms with E-state index in [4.69, 9.17) is 5.84 Å². The van der Waals surface area contributed by atoms with Gasteiger partial charge in [0.2, 0.25) is 5.91 Å². The average Bonchev–Trinajstić information content (AvgIpc) is 2.18. The minimum absolute atomic E-state index is 0.241. The summed E-state index contributed by atoms with van der Waals surface area (Å²) in [4.78, 5) is 15.6. The van der Waals surface area contributed by atoms with E-state index in [1.807, 2.05) is 22.6 Å². The second kappa shape index (κ2) is 4.62. The highest BCUT2D eigenvalue weighted by molar-refractivity contribution is 14.1. The molecule has 0 aromatic carbocycles. The lowest BCUT2D eigenvalue weighted by atomic mass is 9.95. The molecule has 0 aliphatic carbocycles. The summed E-state index contributed by atoms with van der Waals surface area (Å²) in [5.41, 5.74) is -0.601. The van der Waals surface area contributed by atoms with E-state index >= 15 is 0 Å². The van der Waals surface area contributed by atoms with Crippen molar-refractivity contribution in [2.24, 2.45) is 11.3 Å². The quantitative estimate of drug-likeness (QED) is 0.369. The fourth-order valence-corrected chi connectivity index (χ4v) is 1.42. The van der Waals surface area contributed by atoms with Crippen LogP contribution in [0.25, 0.3) is 0 Å². The molecule has 1 amide bonds. The molecule has 16 heavy (non-hydrogen) atoms. The van der Waals surface area contributed by atoms with Crippen LogP contribution in [0, 0.1) is 14.8 Å². The number of nitrogens with two attached hydrogens (primary N) is 1. The number of nitrogens with zero attached hydrogens (tertiary/aromatic N) is 2. The van der Waals surface area contributed by atoms with Crippen LogP contribution in [-0.4, -0.2) is 10.9 Å². The largest absolute Gasteiger partial charge is 0.272 e. The Morgan fingerprint density at radius 2 is 2.12 bits per heavy atom. The van der Waals surface area contributed by atoms with E-state index in [2.05, 4.69) is 4.98 Å². The Hall–Kier alpha value is -0.760. The Morgan fingerprint density at radius 3 is 2.56 bits per heavy atom. The molecule has 0 saturated carbocycles. The molecule has 0 bridgehead atoms. The van der Waals surface area contributed by atoms with Gasteiger partial charge in [0.1, 0.15) is 0 Å². The smallest absolute Gasteiger partial charge is 0.247 e. The summed E-state index contributed by atoms with van der Waals surface area (Å²) in [6.07, 6.45) is 1.05. The van der Waals surface area contributed by atoms with Crippen molar-refractivity contribution in [1.82, 2.24) is 4.98 Å². The van der Waals surface area contributed by atoms with Crippen LogP contribution in [0.15, 0.2) is 12.3 Å². The van der Waals surface area contributed by atoms with Gasteiger partial charge in [0, 0.05) is 5.41 Å². The molecule has 1 rings (SSSR count). The van der Waals surface area contributed by atoms with E-state index in [9.17, 15) is 9.18 Å². The molecule has 1 aromatic heterocycles. The first-order valence-electron chi connectivity index (χ1n) is 4.64. The van der Waals surface area contributed by atoms with Crippen LogP contribution in [0.1, 0.15) is 20.8 Å². The van der Waals surface area contributed by atoms with E-state index < -0.39 is 11.2 Å². The third-order valence-electron chi connectivity index (χ3n) is 1.90. The number of carbonyl (C=O) groups is 1. The number of aromatic nitrogens is 1. The molecule has 1 aromatic rings. The van der Waals surface area contributed by atoms with Crippen LogP contribution in [0.5, 0.6) is 0 Å². The third-order valence-corrected chi connectivity index (χ3v) is 2.73. The Balaban J connectivity index is 3.01. The van der Waals surface area contributed by atoms with Gasteiger partial charge in [0.05, 0.1) is 9.77 Å². The van der Waals surface area contributed by atoms with Crippen molar-refractivity contribution in [3.8, 4) is 0 Å². The molecule has 0 saturated heterocycles. The van der Waals surface area contributed by atoms with Crippen molar-refractivity contribution in [3.05, 3.63) is 21.7 Å². The maximum absolute atomic E-state index is 13.0. The molecule has 4 nitrogen and oxygen atoms in total. The highest BCUT2D eigenvalue weighted by Gasteiger charge is 2.27. The van der Waals surface area contributed by atoms with Crippen LogP contribution in [0.4, 0.5) is 10.2 Å². The Bertz CT molecular complexity index is 417. The fraction of sp³-hybridized carbons (Fsp3) is 0.400. The molecule has 2 N–H and O–H groups in total. The van der Waals surface area contributed by atoms with Gasteiger partial charge in [-0.25, -0.2) is 20.2 Å². The van der Waals surface area contributed by atoms with Gasteiger partial charge in [-0.15, -0.1) is 0 Å². The molecule has 0 aliphatic heterocycles. The number of amides is 1. The van der Waals surface area contributed by atoms with E-state index in [0.29, 0.717) is 3.57 Å². The summed E-state index contributed by atoms with van der Waals surface area (Å²) in [5.74, 6) is 5.18. The van der Waals surface area contributed by atoms with Crippen molar-refractivity contribution in [1.29, 1.82) is 0 Å². The van der Waals surface area contributed by atoms with Crippen molar-refractivity contribution in [3.63, 3.8) is 0 Å². The van der Waals surface area contributed by atoms with Gasteiger partial charge in [-0.2, -0.15) is 0 Å². The predicted octanol–water partition coefficient (Wildman–Crippen LogP) is 2.08. The first-order valence-corrected chi connectivity index (χ1v) is 5.71. The van der Waals surface area contributed by atoms with Gasteiger partial charge >= 0.3 is 0 Å². The van der Waals surface area contributed by atoms with Crippen molar-refractivity contribution in [2.75, 3.05) is 5.01 Å². The molecular formula is C10H13FIN3O. The van der Waals surface area contributed by atoms with E-state index in [0.717, 1.165) is 11.2 Å². The van der Waals surface area contributed by atoms with Gasteiger partial charge in [0.15, 0.2) is 11.6 Å². The Labute approximate surface area is 107 Å². The van der Waals surface area contributed by atoms with Crippen molar-refractivity contribution >= 4 is 34.3 Å². The van der Waals surface area contributed by atoms with Crippen LogP contribution >= 0.6 is 22.6 Å². The molecule has 0 fully saturated rings. The summed E-state index contributed by atoms with van der Waals surface area (Å²) in [6, 6.07) is 1.43. The van der Waals surface area contributed by atoms with Crippen molar-refractivity contribution in [2.45, 2.75) is 20.8 Å². The number of halogens is 2. The zero-order valence-corrected chi connectivity index (χ0v) is 11.4. The van der Waals surface area contributed by atoms with Gasteiger partial charge in [-0.05, 0) is 28.7 Å². The third kappa shape index (κ3) is 2.88. The molecule has 0 aliphatic rings. The van der Waals surface area contributed by atoms with E-state index in [1.165, 1.54) is 6.07 Å². The summed E-state index contributed by atoms with van der Waals surface area (Å²) < 4.78 is 13.4. The minimum atomic E-state index is -0.601. The van der Waals surface area contributed by atoms with Crippen molar-refractivity contribution < 1.29 is 9.18 Å². The molecule has 88 valence electrons. The van der Waals surface area contributed by atoms with Gasteiger partial charge in [-0.1, -0.05) is 20.8 Å². The lowest BCUT2D eigenvalue weighted by molar-refractivity contribution is -0.125. The SMILES string of the molecule is CC(C)(C)C(=O)N(N)c1cc(I)c(F)cn1. The summed E-state index contributed by atoms with van der Waals surface area (Å²) in [6.45, 7) is 5.26. The number of anilines is 1. The zero-order chi connectivity index (χ0) is 12.5. The molecule has 0 unspecified atom stereocenters. The fourth-order valence-electron chi connectivity index (χ4n) is 1.00. The number of hydrazine groups is 1. The first kappa shape index (κ1) is 13.3. The highest BCUT2D eigenvalue weighted by Crippen LogP contribution is 2.21. The summed E-state index contributed by atoms with van der Waals surface area (Å²) in [5, 5.41) is 0.946. The highest BCUT2D eigenvalue weighted by atomic mass is 127. The molecule has 0 radical (unpaired) electrons. The second-order valence-electron chi connectivity index (χ2n) is 4.38. The Morgan fingerprint density at radius 1 is 1.56 bits per heavy atom. The van der Waals surface area contributed by atoms with Crippen LogP contribution in [-0.2, 0) is 4.79 Å². The van der Waals surface area contributed by atoms with Gasteiger partial charge in [0.25, 0.3) is 0 Å². The number of hydrogen-bond acceptors (Lipinski definition) is 3. The molecule has 0 spiro atoms. The molecule has 6 heteroatoms. The monoisotopic (exact) mass is 337 g/mol. The van der Waals surface area contributed by atoms with Crippen LogP contribution in [0.2, 0.25) is 0 Å². The van der Waals surface area contributed by atoms with Gasteiger partial charge < -0.3 is 0 Å². The van der Waals surface area contributed by atoms with E-state index in [-0.39, 0.29) is 11.7 Å². The maximum atomic E-state index is 13.0. The normalized spacial score (nSPS) is 11.4. The number of pyridine rings is 1. The summed E-state index contributed by atoms with van der Waals surface area (Å²) in [7, 11) is 0.